The van der Waals surface area contributed by atoms with E-state index in [-0.39, 0.29) is 5.69 Å². The first-order valence-electron chi connectivity index (χ1n) is 3.22. The van der Waals surface area contributed by atoms with Crippen LogP contribution < -0.4 is 0 Å². The van der Waals surface area contributed by atoms with Crippen molar-refractivity contribution < 1.29 is 13.2 Å². The zero-order valence-corrected chi connectivity index (χ0v) is 6.10. The van der Waals surface area contributed by atoms with Crippen LogP contribution in [0.25, 0.3) is 6.08 Å². The maximum atomic E-state index is 12.6. The molecule has 12 heavy (non-hydrogen) atoms. The fraction of sp³-hybridized carbons (Fsp3) is 0.125. The number of alkyl halides is 2. The Balaban J connectivity index is 3.16. The Labute approximate surface area is 67.6 Å². The van der Waals surface area contributed by atoms with Gasteiger partial charge < -0.3 is 0 Å². The van der Waals surface area contributed by atoms with Gasteiger partial charge in [-0.25, -0.2) is 18.2 Å². The van der Waals surface area contributed by atoms with Crippen LogP contribution in [-0.2, 0) is 0 Å². The Bertz CT molecular complexity index is 296. The summed E-state index contributed by atoms with van der Waals surface area (Å²) in [4.78, 5) is 3.35. The highest BCUT2D eigenvalue weighted by Gasteiger charge is 2.14. The van der Waals surface area contributed by atoms with Gasteiger partial charge in [0.05, 0.1) is 5.69 Å². The third kappa shape index (κ3) is 1.64. The molecule has 0 amide bonds. The van der Waals surface area contributed by atoms with Crippen molar-refractivity contribution >= 4 is 6.08 Å². The van der Waals surface area contributed by atoms with Gasteiger partial charge in [0.1, 0.15) is 5.69 Å². The molecule has 0 saturated heterocycles. The van der Waals surface area contributed by atoms with E-state index in [0.717, 1.165) is 6.07 Å². The van der Waals surface area contributed by atoms with E-state index in [1.807, 2.05) is 0 Å². The fourth-order valence-electron chi connectivity index (χ4n) is 0.740. The smallest absolute Gasteiger partial charge is 0.244 e. The van der Waals surface area contributed by atoms with Crippen molar-refractivity contribution in [3.63, 3.8) is 0 Å². The molecule has 0 N–H and O–H groups in total. The minimum absolute atomic E-state index is 0.242. The molecular formula is C8H6F3N. The lowest BCUT2D eigenvalue weighted by atomic mass is 10.3. The molecule has 0 aliphatic carbocycles. The molecule has 1 heterocycles. The topological polar surface area (TPSA) is 12.9 Å². The average Bonchev–Trinajstić information content (AvgIpc) is 2.05. The summed E-state index contributed by atoms with van der Waals surface area (Å²) in [6.45, 7) is 3.33. The molecule has 0 bridgehead atoms. The van der Waals surface area contributed by atoms with E-state index in [1.54, 1.807) is 0 Å². The van der Waals surface area contributed by atoms with Crippen LogP contribution in [-0.4, -0.2) is 4.98 Å². The Morgan fingerprint density at radius 3 is 2.58 bits per heavy atom. The molecule has 64 valence electrons. The van der Waals surface area contributed by atoms with Crippen molar-refractivity contribution in [3.8, 4) is 0 Å². The second kappa shape index (κ2) is 3.38. The van der Waals surface area contributed by atoms with E-state index >= 15 is 0 Å². The summed E-state index contributed by atoms with van der Waals surface area (Å²) >= 11 is 0. The predicted molar refractivity (Wildman–Crippen MR) is 39.2 cm³/mol. The SMILES string of the molecule is C=Cc1ccc(F)c(C(F)F)n1. The van der Waals surface area contributed by atoms with Crippen molar-refractivity contribution in [2.24, 2.45) is 0 Å². The molecule has 0 fully saturated rings. The summed E-state index contributed by atoms with van der Waals surface area (Å²) in [6, 6.07) is 2.24. The molecule has 0 spiro atoms. The number of nitrogens with zero attached hydrogens (tertiary/aromatic N) is 1. The molecule has 0 unspecified atom stereocenters. The summed E-state index contributed by atoms with van der Waals surface area (Å²) < 4.78 is 36.6. The average molecular weight is 173 g/mol. The summed E-state index contributed by atoms with van der Waals surface area (Å²) in [5.74, 6) is -0.990. The minimum Gasteiger partial charge on any atom is -0.244 e. The Morgan fingerprint density at radius 1 is 1.42 bits per heavy atom. The van der Waals surface area contributed by atoms with Gasteiger partial charge in [0.25, 0.3) is 6.43 Å². The highest BCUT2D eigenvalue weighted by Crippen LogP contribution is 2.19. The molecule has 0 aromatic carbocycles. The van der Waals surface area contributed by atoms with Crippen LogP contribution in [0, 0.1) is 5.82 Å². The largest absolute Gasteiger partial charge is 0.283 e. The van der Waals surface area contributed by atoms with Gasteiger partial charge in [-0.3, -0.25) is 0 Å². The first kappa shape index (κ1) is 8.77. The van der Waals surface area contributed by atoms with Crippen molar-refractivity contribution in [1.29, 1.82) is 0 Å². The van der Waals surface area contributed by atoms with Gasteiger partial charge in [-0.05, 0) is 18.2 Å². The molecular weight excluding hydrogens is 167 g/mol. The van der Waals surface area contributed by atoms with Gasteiger partial charge in [0, 0.05) is 0 Å². The normalized spacial score (nSPS) is 10.3. The maximum absolute atomic E-state index is 12.6. The van der Waals surface area contributed by atoms with Gasteiger partial charge in [0.15, 0.2) is 5.82 Å². The van der Waals surface area contributed by atoms with E-state index in [9.17, 15) is 13.2 Å². The second-order valence-electron chi connectivity index (χ2n) is 2.11. The van der Waals surface area contributed by atoms with Gasteiger partial charge in [-0.1, -0.05) is 6.58 Å². The third-order valence-electron chi connectivity index (χ3n) is 1.31. The van der Waals surface area contributed by atoms with Crippen LogP contribution in [0.3, 0.4) is 0 Å². The van der Waals surface area contributed by atoms with E-state index in [2.05, 4.69) is 11.6 Å². The van der Waals surface area contributed by atoms with Crippen molar-refractivity contribution in [2.75, 3.05) is 0 Å². The lowest BCUT2D eigenvalue weighted by Crippen LogP contribution is -1.96. The van der Waals surface area contributed by atoms with E-state index < -0.39 is 17.9 Å². The highest BCUT2D eigenvalue weighted by atomic mass is 19.3. The number of halogens is 3. The molecule has 0 saturated carbocycles. The molecule has 1 nitrogen and oxygen atoms in total. The van der Waals surface area contributed by atoms with Gasteiger partial charge >= 0.3 is 0 Å². The Hall–Kier alpha value is -1.32. The summed E-state index contributed by atoms with van der Waals surface area (Å²) in [5, 5.41) is 0. The number of aromatic nitrogens is 1. The van der Waals surface area contributed by atoms with Crippen LogP contribution in [0.5, 0.6) is 0 Å². The van der Waals surface area contributed by atoms with E-state index in [0.29, 0.717) is 0 Å². The summed E-state index contributed by atoms with van der Waals surface area (Å²) in [6.07, 6.45) is -1.60. The highest BCUT2D eigenvalue weighted by molar-refractivity contribution is 5.41. The molecule has 1 aromatic rings. The molecule has 4 heteroatoms. The molecule has 0 aliphatic rings. The molecule has 0 aliphatic heterocycles. The Kier molecular flexibility index (Phi) is 2.47. The molecule has 0 radical (unpaired) electrons. The fourth-order valence-corrected chi connectivity index (χ4v) is 0.740. The van der Waals surface area contributed by atoms with Gasteiger partial charge in [-0.15, -0.1) is 0 Å². The standard InChI is InChI=1S/C8H6F3N/c1-2-5-3-4-6(9)7(12-5)8(10)11/h2-4,8H,1H2. The second-order valence-corrected chi connectivity index (χ2v) is 2.11. The quantitative estimate of drug-likeness (QED) is 0.670. The van der Waals surface area contributed by atoms with E-state index in [4.69, 9.17) is 0 Å². The van der Waals surface area contributed by atoms with Crippen molar-refractivity contribution in [1.82, 2.24) is 4.98 Å². The first-order valence-corrected chi connectivity index (χ1v) is 3.22. The maximum Gasteiger partial charge on any atom is 0.283 e. The number of hydrogen-bond acceptors (Lipinski definition) is 1. The van der Waals surface area contributed by atoms with Crippen LogP contribution in [0.4, 0.5) is 13.2 Å². The Morgan fingerprint density at radius 2 is 2.08 bits per heavy atom. The monoisotopic (exact) mass is 173 g/mol. The summed E-state index contributed by atoms with van der Waals surface area (Å²) in [5.41, 5.74) is -0.584. The van der Waals surface area contributed by atoms with Gasteiger partial charge in [0.2, 0.25) is 0 Å². The van der Waals surface area contributed by atoms with Crippen LogP contribution in [0.2, 0.25) is 0 Å². The number of hydrogen-bond donors (Lipinski definition) is 0. The van der Waals surface area contributed by atoms with Crippen molar-refractivity contribution in [3.05, 3.63) is 35.9 Å². The molecule has 1 rings (SSSR count). The predicted octanol–water partition coefficient (Wildman–Crippen LogP) is 2.80. The summed E-state index contributed by atoms with van der Waals surface area (Å²) in [7, 11) is 0. The minimum atomic E-state index is -2.88. The van der Waals surface area contributed by atoms with Crippen LogP contribution >= 0.6 is 0 Å². The number of rotatable bonds is 2. The zero-order valence-electron chi connectivity index (χ0n) is 6.10. The third-order valence-corrected chi connectivity index (χ3v) is 1.31. The van der Waals surface area contributed by atoms with E-state index in [1.165, 1.54) is 12.1 Å². The number of pyridine rings is 1. The van der Waals surface area contributed by atoms with Crippen LogP contribution in [0.15, 0.2) is 18.7 Å². The lowest BCUT2D eigenvalue weighted by Gasteiger charge is -2.00. The zero-order chi connectivity index (χ0) is 9.14. The van der Waals surface area contributed by atoms with Gasteiger partial charge in [-0.2, -0.15) is 0 Å². The van der Waals surface area contributed by atoms with Crippen molar-refractivity contribution in [2.45, 2.75) is 6.43 Å². The molecule has 1 aromatic heterocycles. The lowest BCUT2D eigenvalue weighted by molar-refractivity contribution is 0.140. The first-order chi connectivity index (χ1) is 5.65. The molecule has 0 atom stereocenters. The van der Waals surface area contributed by atoms with Crippen LogP contribution in [0.1, 0.15) is 17.8 Å².